The predicted molar refractivity (Wildman–Crippen MR) is 52.4 cm³/mol. The van der Waals surface area contributed by atoms with Crippen molar-refractivity contribution in [2.45, 2.75) is 13.1 Å². The summed E-state index contributed by atoms with van der Waals surface area (Å²) in [4.78, 5) is 22.8. The van der Waals surface area contributed by atoms with Gasteiger partial charge in [0.2, 0.25) is 6.41 Å². The molecular weight excluding hydrogens is 241 g/mol. The molecule has 8 heteroatoms. The van der Waals surface area contributed by atoms with E-state index in [0.717, 1.165) is 5.56 Å². The Labute approximate surface area is 94.3 Å². The van der Waals surface area contributed by atoms with Crippen molar-refractivity contribution in [3.63, 3.8) is 0 Å². The zero-order valence-corrected chi connectivity index (χ0v) is 8.65. The van der Waals surface area contributed by atoms with Gasteiger partial charge in [-0.25, -0.2) is 9.78 Å². The lowest BCUT2D eigenvalue weighted by Gasteiger charge is -1.98. The summed E-state index contributed by atoms with van der Waals surface area (Å²) in [6.45, 7) is 1.89. The molecule has 0 saturated carbocycles. The molecule has 0 aromatic carbocycles. The molecule has 0 radical (unpaired) electrons. The van der Waals surface area contributed by atoms with E-state index >= 15 is 0 Å². The van der Waals surface area contributed by atoms with Gasteiger partial charge in [-0.15, -0.1) is 0 Å². The Morgan fingerprint density at radius 3 is 2.41 bits per heavy atom. The van der Waals surface area contributed by atoms with Crippen LogP contribution in [0.2, 0.25) is 0 Å². The number of carboxylic acid groups (broad SMARTS) is 1. The standard InChI is InChI=1S/C7H8N2O.C2HF3O2/c1-6-3-2-4-8-7(6)9-5-10;3-2(4,5)1(6)7/h2-5H,1H3,(H,8,9,10);(H,6,7). The lowest BCUT2D eigenvalue weighted by Crippen LogP contribution is -2.21. The molecule has 94 valence electrons. The predicted octanol–water partition coefficient (Wildman–Crippen LogP) is 1.59. The number of aliphatic carboxylic acids is 1. The molecule has 1 aromatic rings. The molecule has 0 unspecified atom stereocenters. The summed E-state index contributed by atoms with van der Waals surface area (Å²) in [7, 11) is 0. The van der Waals surface area contributed by atoms with Gasteiger partial charge in [-0.2, -0.15) is 13.2 Å². The number of alkyl halides is 3. The van der Waals surface area contributed by atoms with Crippen LogP contribution in [0.3, 0.4) is 0 Å². The molecule has 1 aromatic heterocycles. The minimum Gasteiger partial charge on any atom is -0.475 e. The summed E-state index contributed by atoms with van der Waals surface area (Å²) in [5, 5.41) is 9.61. The third-order valence-corrected chi connectivity index (χ3v) is 1.45. The summed E-state index contributed by atoms with van der Waals surface area (Å²) in [5.41, 5.74) is 0.967. The van der Waals surface area contributed by atoms with Crippen molar-refractivity contribution in [3.05, 3.63) is 23.9 Å². The van der Waals surface area contributed by atoms with E-state index in [4.69, 9.17) is 9.90 Å². The van der Waals surface area contributed by atoms with Crippen LogP contribution in [-0.2, 0) is 9.59 Å². The number of anilines is 1. The van der Waals surface area contributed by atoms with Gasteiger partial charge in [0.1, 0.15) is 5.82 Å². The molecule has 0 bridgehead atoms. The van der Waals surface area contributed by atoms with Crippen LogP contribution < -0.4 is 5.32 Å². The quantitative estimate of drug-likeness (QED) is 0.781. The highest BCUT2D eigenvalue weighted by Gasteiger charge is 2.38. The fourth-order valence-corrected chi connectivity index (χ4v) is 0.693. The van der Waals surface area contributed by atoms with Crippen molar-refractivity contribution in [1.82, 2.24) is 4.98 Å². The van der Waals surface area contributed by atoms with Gasteiger partial charge in [0.25, 0.3) is 0 Å². The van der Waals surface area contributed by atoms with Gasteiger partial charge in [-0.05, 0) is 18.6 Å². The summed E-state index contributed by atoms with van der Waals surface area (Å²) in [6, 6.07) is 3.71. The minimum atomic E-state index is -5.08. The molecule has 0 aliphatic rings. The summed E-state index contributed by atoms with van der Waals surface area (Å²) >= 11 is 0. The minimum absolute atomic E-state index is 0.620. The molecule has 1 amide bonds. The largest absolute Gasteiger partial charge is 0.490 e. The van der Waals surface area contributed by atoms with Gasteiger partial charge >= 0.3 is 12.1 Å². The Bertz CT molecular complexity index is 393. The molecule has 0 saturated heterocycles. The zero-order chi connectivity index (χ0) is 13.5. The number of hydrogen-bond donors (Lipinski definition) is 2. The number of halogens is 3. The summed E-state index contributed by atoms with van der Waals surface area (Å²) in [5.74, 6) is -2.13. The Morgan fingerprint density at radius 2 is 2.06 bits per heavy atom. The lowest BCUT2D eigenvalue weighted by atomic mass is 10.3. The number of aryl methyl sites for hydroxylation is 1. The number of nitrogens with one attached hydrogen (secondary N) is 1. The van der Waals surface area contributed by atoms with Crippen molar-refractivity contribution in [2.24, 2.45) is 0 Å². The first kappa shape index (κ1) is 14.9. The second-order valence-corrected chi connectivity index (χ2v) is 2.73. The number of aromatic nitrogens is 1. The van der Waals surface area contributed by atoms with Gasteiger partial charge < -0.3 is 10.4 Å². The third kappa shape index (κ3) is 6.13. The molecule has 17 heavy (non-hydrogen) atoms. The van der Waals surface area contributed by atoms with Crippen molar-refractivity contribution in [1.29, 1.82) is 0 Å². The third-order valence-electron chi connectivity index (χ3n) is 1.45. The first-order chi connectivity index (χ1) is 7.79. The van der Waals surface area contributed by atoms with Crippen molar-refractivity contribution >= 4 is 18.2 Å². The first-order valence-electron chi connectivity index (χ1n) is 4.21. The fourth-order valence-electron chi connectivity index (χ4n) is 0.693. The Balaban J connectivity index is 0.000000325. The van der Waals surface area contributed by atoms with Crippen LogP contribution in [0.4, 0.5) is 19.0 Å². The van der Waals surface area contributed by atoms with E-state index < -0.39 is 12.1 Å². The van der Waals surface area contributed by atoms with E-state index in [0.29, 0.717) is 12.2 Å². The molecule has 0 spiro atoms. The van der Waals surface area contributed by atoms with Crippen LogP contribution in [0.5, 0.6) is 0 Å². The Morgan fingerprint density at radius 1 is 1.53 bits per heavy atom. The average molecular weight is 250 g/mol. The van der Waals surface area contributed by atoms with Crippen LogP contribution >= 0.6 is 0 Å². The molecule has 2 N–H and O–H groups in total. The highest BCUT2D eigenvalue weighted by atomic mass is 19.4. The maximum absolute atomic E-state index is 10.6. The number of amides is 1. The number of carbonyl (C=O) groups is 2. The maximum atomic E-state index is 10.6. The number of carbonyl (C=O) groups excluding carboxylic acids is 1. The molecule has 0 fully saturated rings. The second-order valence-electron chi connectivity index (χ2n) is 2.73. The van der Waals surface area contributed by atoms with Crippen LogP contribution in [0.25, 0.3) is 0 Å². The number of nitrogens with zero attached hydrogens (tertiary/aromatic N) is 1. The zero-order valence-electron chi connectivity index (χ0n) is 8.65. The molecule has 0 aliphatic carbocycles. The molecule has 0 atom stereocenters. The van der Waals surface area contributed by atoms with Gasteiger partial charge in [0.05, 0.1) is 0 Å². The first-order valence-corrected chi connectivity index (χ1v) is 4.21. The molecular formula is C9H9F3N2O3. The van der Waals surface area contributed by atoms with E-state index in [1.54, 1.807) is 6.20 Å². The Hall–Kier alpha value is -2.12. The van der Waals surface area contributed by atoms with Gasteiger partial charge in [-0.3, -0.25) is 4.79 Å². The highest BCUT2D eigenvalue weighted by molar-refractivity contribution is 5.73. The van der Waals surface area contributed by atoms with E-state index in [1.807, 2.05) is 19.1 Å². The van der Waals surface area contributed by atoms with Crippen molar-refractivity contribution in [2.75, 3.05) is 5.32 Å². The summed E-state index contributed by atoms with van der Waals surface area (Å²) < 4.78 is 31.7. The molecule has 5 nitrogen and oxygen atoms in total. The van der Waals surface area contributed by atoms with Crippen molar-refractivity contribution in [3.8, 4) is 0 Å². The molecule has 1 heterocycles. The van der Waals surface area contributed by atoms with Gasteiger partial charge in [0, 0.05) is 6.20 Å². The van der Waals surface area contributed by atoms with Gasteiger partial charge in [0.15, 0.2) is 0 Å². The van der Waals surface area contributed by atoms with E-state index in [2.05, 4.69) is 10.3 Å². The SMILES string of the molecule is Cc1cccnc1NC=O.O=C(O)C(F)(F)F. The smallest absolute Gasteiger partial charge is 0.475 e. The van der Waals surface area contributed by atoms with E-state index in [9.17, 15) is 18.0 Å². The summed E-state index contributed by atoms with van der Waals surface area (Å²) in [6.07, 6.45) is -2.83. The van der Waals surface area contributed by atoms with Crippen LogP contribution in [0.15, 0.2) is 18.3 Å². The monoisotopic (exact) mass is 250 g/mol. The van der Waals surface area contributed by atoms with Gasteiger partial charge in [-0.1, -0.05) is 6.07 Å². The topological polar surface area (TPSA) is 79.3 Å². The van der Waals surface area contributed by atoms with Crippen LogP contribution in [-0.4, -0.2) is 28.6 Å². The average Bonchev–Trinajstić information content (AvgIpc) is 2.21. The highest BCUT2D eigenvalue weighted by Crippen LogP contribution is 2.13. The molecule has 0 aliphatic heterocycles. The normalized spacial score (nSPS) is 9.88. The van der Waals surface area contributed by atoms with E-state index in [1.165, 1.54) is 0 Å². The fraction of sp³-hybridized carbons (Fsp3) is 0.222. The maximum Gasteiger partial charge on any atom is 0.490 e. The number of pyridine rings is 1. The molecule has 1 rings (SSSR count). The second kappa shape index (κ2) is 6.46. The van der Waals surface area contributed by atoms with Crippen molar-refractivity contribution < 1.29 is 27.9 Å². The van der Waals surface area contributed by atoms with E-state index in [-0.39, 0.29) is 0 Å². The number of hydrogen-bond acceptors (Lipinski definition) is 3. The Kier molecular flexibility index (Phi) is 5.65. The van der Waals surface area contributed by atoms with Crippen LogP contribution in [0.1, 0.15) is 5.56 Å². The lowest BCUT2D eigenvalue weighted by molar-refractivity contribution is -0.192. The number of carboxylic acids is 1. The van der Waals surface area contributed by atoms with Crippen LogP contribution in [0, 0.1) is 6.92 Å². The number of rotatable bonds is 2.